The molecule has 2 nitrogen and oxygen atoms in total. The topological polar surface area (TPSA) is 26.3 Å². The van der Waals surface area contributed by atoms with Crippen molar-refractivity contribution in [1.29, 1.82) is 0 Å². The third kappa shape index (κ3) is 4.50. The Morgan fingerprint density at radius 2 is 2.17 bits per heavy atom. The molecule has 0 atom stereocenters. The Bertz CT molecular complexity index is 212. The maximum atomic E-state index is 10.2. The number of rotatable bonds is 5. The zero-order valence-corrected chi connectivity index (χ0v) is 7.54. The largest absolute Gasteiger partial charge is 0.494 e. The number of ether oxygens (including phenoxy) is 1. The summed E-state index contributed by atoms with van der Waals surface area (Å²) in [5.74, 6) is 0.750. The molecule has 0 aromatic carbocycles. The van der Waals surface area contributed by atoms with Crippen molar-refractivity contribution < 1.29 is 9.53 Å². The second kappa shape index (κ2) is 6.40. The molecule has 0 N–H and O–H groups in total. The van der Waals surface area contributed by atoms with E-state index in [1.807, 2.05) is 19.9 Å². The quantitative estimate of drug-likeness (QED) is 0.271. The molecule has 66 valence electrons. The smallest absolute Gasteiger partial charge is 0.149 e. The number of carbonyl (C=O) groups excluding carboxylic acids is 1. The van der Waals surface area contributed by atoms with Gasteiger partial charge in [0.05, 0.1) is 6.61 Å². The van der Waals surface area contributed by atoms with Gasteiger partial charge >= 0.3 is 0 Å². The highest BCUT2D eigenvalue weighted by molar-refractivity contribution is 5.76. The van der Waals surface area contributed by atoms with E-state index >= 15 is 0 Å². The monoisotopic (exact) mass is 166 g/mol. The van der Waals surface area contributed by atoms with Gasteiger partial charge in [-0.05, 0) is 32.1 Å². The summed E-state index contributed by atoms with van der Waals surface area (Å²) < 4.78 is 5.20. The van der Waals surface area contributed by atoms with Crippen molar-refractivity contribution in [2.45, 2.75) is 13.8 Å². The minimum absolute atomic E-state index is 0.439. The van der Waals surface area contributed by atoms with E-state index in [4.69, 9.17) is 4.74 Å². The fourth-order valence-corrected chi connectivity index (χ4v) is 0.623. The minimum Gasteiger partial charge on any atom is -0.494 e. The summed E-state index contributed by atoms with van der Waals surface area (Å²) in [6.45, 7) is 7.91. The summed E-state index contributed by atoms with van der Waals surface area (Å²) in [4.78, 5) is 10.2. The molecule has 0 rings (SSSR count). The molecule has 0 aliphatic carbocycles. The van der Waals surface area contributed by atoms with Crippen LogP contribution in [0.25, 0.3) is 0 Å². The van der Waals surface area contributed by atoms with Gasteiger partial charge in [0.2, 0.25) is 0 Å². The fraction of sp³-hybridized carbons (Fsp3) is 0.300. The first-order valence-corrected chi connectivity index (χ1v) is 3.85. The van der Waals surface area contributed by atoms with Crippen LogP contribution in [0, 0.1) is 0 Å². The third-order valence-electron chi connectivity index (χ3n) is 1.21. The molecule has 0 aromatic heterocycles. The molecule has 12 heavy (non-hydrogen) atoms. The number of aldehydes is 1. The number of hydrogen-bond donors (Lipinski definition) is 0. The molecule has 0 radical (unpaired) electrons. The molecule has 0 saturated heterocycles. The second-order valence-corrected chi connectivity index (χ2v) is 2.15. The SMILES string of the molecule is C=C(C=O)/C=C\C(=C/C)OCC. The van der Waals surface area contributed by atoms with Gasteiger partial charge in [0.1, 0.15) is 12.0 Å². The van der Waals surface area contributed by atoms with Gasteiger partial charge in [-0.15, -0.1) is 0 Å². The normalized spacial score (nSPS) is 11.7. The van der Waals surface area contributed by atoms with Crippen LogP contribution in [-0.2, 0) is 9.53 Å². The lowest BCUT2D eigenvalue weighted by molar-refractivity contribution is -0.104. The molecule has 0 bridgehead atoms. The molecule has 0 unspecified atom stereocenters. The van der Waals surface area contributed by atoms with Gasteiger partial charge in [-0.25, -0.2) is 0 Å². The van der Waals surface area contributed by atoms with E-state index < -0.39 is 0 Å². The van der Waals surface area contributed by atoms with E-state index in [9.17, 15) is 4.79 Å². The van der Waals surface area contributed by atoms with Crippen LogP contribution in [0.4, 0.5) is 0 Å². The van der Waals surface area contributed by atoms with Gasteiger partial charge in [0.15, 0.2) is 0 Å². The Hall–Kier alpha value is -1.31. The number of carbonyl (C=O) groups is 1. The predicted molar refractivity (Wildman–Crippen MR) is 49.7 cm³/mol. The standard InChI is InChI=1S/C10H14O2/c1-4-10(12-5-2)7-6-9(3)8-11/h4,6-8H,3,5H2,1-2H3/b7-6-,10-4+. The highest BCUT2D eigenvalue weighted by Crippen LogP contribution is 2.00. The van der Waals surface area contributed by atoms with Crippen molar-refractivity contribution in [2.75, 3.05) is 6.61 Å². The molecule has 0 amide bonds. The maximum absolute atomic E-state index is 10.2. The molecular weight excluding hydrogens is 152 g/mol. The first-order valence-electron chi connectivity index (χ1n) is 3.85. The second-order valence-electron chi connectivity index (χ2n) is 2.15. The van der Waals surface area contributed by atoms with Gasteiger partial charge in [-0.1, -0.05) is 6.58 Å². The van der Waals surface area contributed by atoms with E-state index in [0.717, 1.165) is 5.76 Å². The maximum Gasteiger partial charge on any atom is 0.149 e. The van der Waals surface area contributed by atoms with E-state index in [-0.39, 0.29) is 0 Å². The summed E-state index contributed by atoms with van der Waals surface area (Å²) in [6, 6.07) is 0. The lowest BCUT2D eigenvalue weighted by atomic mass is 10.3. The average molecular weight is 166 g/mol. The zero-order chi connectivity index (χ0) is 9.40. The van der Waals surface area contributed by atoms with Crippen LogP contribution >= 0.6 is 0 Å². The van der Waals surface area contributed by atoms with Crippen LogP contribution in [0.5, 0.6) is 0 Å². The van der Waals surface area contributed by atoms with Crippen LogP contribution in [0.15, 0.2) is 36.1 Å². The summed E-state index contributed by atoms with van der Waals surface area (Å²) in [7, 11) is 0. The molecular formula is C10H14O2. The number of allylic oxidation sites excluding steroid dienone is 4. The van der Waals surface area contributed by atoms with Crippen LogP contribution in [-0.4, -0.2) is 12.9 Å². The first kappa shape index (κ1) is 10.7. The first-order chi connectivity index (χ1) is 5.74. The Balaban J connectivity index is 4.11. The van der Waals surface area contributed by atoms with Crippen molar-refractivity contribution in [3.05, 3.63) is 36.1 Å². The molecule has 0 aromatic rings. The van der Waals surface area contributed by atoms with Crippen molar-refractivity contribution in [1.82, 2.24) is 0 Å². The van der Waals surface area contributed by atoms with Gasteiger partial charge in [-0.3, -0.25) is 4.79 Å². The molecule has 0 aliphatic heterocycles. The van der Waals surface area contributed by atoms with Crippen molar-refractivity contribution in [2.24, 2.45) is 0 Å². The van der Waals surface area contributed by atoms with E-state index in [1.54, 1.807) is 12.2 Å². The van der Waals surface area contributed by atoms with Gasteiger partial charge in [-0.2, -0.15) is 0 Å². The highest BCUT2D eigenvalue weighted by Gasteiger charge is 1.88. The predicted octanol–water partition coefficient (Wildman–Crippen LogP) is 2.24. The molecule has 0 fully saturated rings. The van der Waals surface area contributed by atoms with Crippen LogP contribution in [0.1, 0.15) is 13.8 Å². The lowest BCUT2D eigenvalue weighted by Crippen LogP contribution is -1.87. The molecule has 0 aliphatic rings. The molecule has 0 heterocycles. The summed E-state index contributed by atoms with van der Waals surface area (Å²) in [5, 5.41) is 0. The Morgan fingerprint density at radius 3 is 2.58 bits per heavy atom. The minimum atomic E-state index is 0.439. The van der Waals surface area contributed by atoms with E-state index in [2.05, 4.69) is 6.58 Å². The van der Waals surface area contributed by atoms with Crippen molar-refractivity contribution >= 4 is 6.29 Å². The van der Waals surface area contributed by atoms with Gasteiger partial charge in [0, 0.05) is 5.57 Å². The van der Waals surface area contributed by atoms with Crippen LogP contribution in [0.3, 0.4) is 0 Å². The summed E-state index contributed by atoms with van der Waals surface area (Å²) in [5.41, 5.74) is 0.439. The zero-order valence-electron chi connectivity index (χ0n) is 7.54. The molecule has 2 heteroatoms. The van der Waals surface area contributed by atoms with Crippen LogP contribution < -0.4 is 0 Å². The average Bonchev–Trinajstić information content (AvgIpc) is 2.11. The van der Waals surface area contributed by atoms with Crippen LogP contribution in [0.2, 0.25) is 0 Å². The van der Waals surface area contributed by atoms with Gasteiger partial charge < -0.3 is 4.74 Å². The summed E-state index contributed by atoms with van der Waals surface area (Å²) in [6.07, 6.45) is 5.88. The fourth-order valence-electron chi connectivity index (χ4n) is 0.623. The van der Waals surface area contributed by atoms with E-state index in [0.29, 0.717) is 18.5 Å². The Labute approximate surface area is 73.2 Å². The molecule has 0 saturated carbocycles. The van der Waals surface area contributed by atoms with Crippen molar-refractivity contribution in [3.63, 3.8) is 0 Å². The lowest BCUT2D eigenvalue weighted by Gasteiger charge is -2.01. The van der Waals surface area contributed by atoms with Gasteiger partial charge in [0.25, 0.3) is 0 Å². The highest BCUT2D eigenvalue weighted by atomic mass is 16.5. The van der Waals surface area contributed by atoms with Crippen molar-refractivity contribution in [3.8, 4) is 0 Å². The third-order valence-corrected chi connectivity index (χ3v) is 1.21. The Morgan fingerprint density at radius 1 is 1.50 bits per heavy atom. The van der Waals surface area contributed by atoms with E-state index in [1.165, 1.54) is 0 Å². The Kier molecular flexibility index (Phi) is 5.70. The molecule has 0 spiro atoms. The summed E-state index contributed by atoms with van der Waals surface area (Å²) >= 11 is 0. The number of hydrogen-bond acceptors (Lipinski definition) is 2.